The molecule has 1 N–H and O–H groups in total. The van der Waals surface area contributed by atoms with E-state index in [2.05, 4.69) is 12.2 Å². The second kappa shape index (κ2) is 11.4. The molecule has 0 radical (unpaired) electrons. The van der Waals surface area contributed by atoms with Crippen molar-refractivity contribution in [2.45, 2.75) is 45.4 Å². The second-order valence-corrected chi connectivity index (χ2v) is 8.18. The van der Waals surface area contributed by atoms with Gasteiger partial charge in [-0.2, -0.15) is 0 Å². The van der Waals surface area contributed by atoms with Crippen LogP contribution in [0.15, 0.2) is 54.6 Å². The fourth-order valence-electron chi connectivity index (χ4n) is 4.07. The molecule has 1 aliphatic heterocycles. The molecular formula is C26H32N2O3. The summed E-state index contributed by atoms with van der Waals surface area (Å²) in [6, 6.07) is 16.0. The Kier molecular flexibility index (Phi) is 8.39. The Morgan fingerprint density at radius 3 is 2.39 bits per heavy atom. The SMILES string of the molecule is CCCCCCNC(=O)C1CCCN(C(=O)c2ccccc2C(=O)c2ccccc2)C1. The van der Waals surface area contributed by atoms with E-state index < -0.39 is 0 Å². The summed E-state index contributed by atoms with van der Waals surface area (Å²) in [7, 11) is 0. The van der Waals surface area contributed by atoms with E-state index in [4.69, 9.17) is 0 Å². The summed E-state index contributed by atoms with van der Waals surface area (Å²) in [5.74, 6) is -0.508. The van der Waals surface area contributed by atoms with Crippen LogP contribution in [0.5, 0.6) is 0 Å². The third-order valence-corrected chi connectivity index (χ3v) is 5.85. The van der Waals surface area contributed by atoms with E-state index in [0.29, 0.717) is 36.3 Å². The lowest BCUT2D eigenvalue weighted by molar-refractivity contribution is -0.126. The number of nitrogens with zero attached hydrogens (tertiary/aromatic N) is 1. The second-order valence-electron chi connectivity index (χ2n) is 8.18. The van der Waals surface area contributed by atoms with Gasteiger partial charge in [0.25, 0.3) is 5.91 Å². The van der Waals surface area contributed by atoms with Crippen LogP contribution in [0.1, 0.15) is 71.7 Å². The van der Waals surface area contributed by atoms with Crippen LogP contribution < -0.4 is 5.32 Å². The maximum absolute atomic E-state index is 13.3. The molecular weight excluding hydrogens is 388 g/mol. The van der Waals surface area contributed by atoms with Crippen molar-refractivity contribution in [1.82, 2.24) is 10.2 Å². The first-order chi connectivity index (χ1) is 15.1. The lowest BCUT2D eigenvalue weighted by atomic mass is 9.94. The molecule has 3 rings (SSSR count). The van der Waals surface area contributed by atoms with Gasteiger partial charge in [-0.1, -0.05) is 74.7 Å². The number of hydrogen-bond donors (Lipinski definition) is 1. The summed E-state index contributed by atoms with van der Waals surface area (Å²) in [5, 5.41) is 3.03. The molecule has 5 heteroatoms. The monoisotopic (exact) mass is 420 g/mol. The zero-order valence-corrected chi connectivity index (χ0v) is 18.3. The minimum atomic E-state index is -0.194. The predicted octanol–water partition coefficient (Wildman–Crippen LogP) is 4.47. The van der Waals surface area contributed by atoms with Crippen molar-refractivity contribution in [1.29, 1.82) is 0 Å². The summed E-state index contributed by atoms with van der Waals surface area (Å²) in [6.45, 7) is 3.86. The van der Waals surface area contributed by atoms with Crippen LogP contribution in [0.2, 0.25) is 0 Å². The Hall–Kier alpha value is -2.95. The average Bonchev–Trinajstić information content (AvgIpc) is 2.83. The van der Waals surface area contributed by atoms with Crippen LogP contribution in [0, 0.1) is 5.92 Å². The number of nitrogens with one attached hydrogen (secondary N) is 1. The minimum absolute atomic E-state index is 0.0302. The zero-order chi connectivity index (χ0) is 22.1. The molecule has 1 heterocycles. The van der Waals surface area contributed by atoms with Gasteiger partial charge in [-0.05, 0) is 25.3 Å². The van der Waals surface area contributed by atoms with Crippen molar-refractivity contribution in [3.63, 3.8) is 0 Å². The third-order valence-electron chi connectivity index (χ3n) is 5.85. The molecule has 2 amide bonds. The maximum Gasteiger partial charge on any atom is 0.254 e. The molecule has 164 valence electrons. The van der Waals surface area contributed by atoms with Crippen LogP contribution in [0.4, 0.5) is 0 Å². The van der Waals surface area contributed by atoms with Crippen LogP contribution in [-0.4, -0.2) is 42.1 Å². The minimum Gasteiger partial charge on any atom is -0.356 e. The number of piperidine rings is 1. The first-order valence-electron chi connectivity index (χ1n) is 11.4. The maximum atomic E-state index is 13.3. The average molecular weight is 421 g/mol. The number of amides is 2. The first-order valence-corrected chi connectivity index (χ1v) is 11.4. The smallest absolute Gasteiger partial charge is 0.254 e. The van der Waals surface area contributed by atoms with Crippen LogP contribution in [0.3, 0.4) is 0 Å². The van der Waals surface area contributed by atoms with Crippen molar-refractivity contribution >= 4 is 17.6 Å². The highest BCUT2D eigenvalue weighted by Crippen LogP contribution is 2.22. The van der Waals surface area contributed by atoms with Gasteiger partial charge >= 0.3 is 0 Å². The van der Waals surface area contributed by atoms with Gasteiger partial charge in [0, 0.05) is 30.8 Å². The highest BCUT2D eigenvalue weighted by Gasteiger charge is 2.30. The predicted molar refractivity (Wildman–Crippen MR) is 122 cm³/mol. The van der Waals surface area contributed by atoms with Gasteiger partial charge in [-0.15, -0.1) is 0 Å². The molecule has 5 nitrogen and oxygen atoms in total. The highest BCUT2D eigenvalue weighted by atomic mass is 16.2. The summed E-state index contributed by atoms with van der Waals surface area (Å²) in [6.07, 6.45) is 6.04. The number of rotatable bonds is 9. The largest absolute Gasteiger partial charge is 0.356 e. The fraction of sp³-hybridized carbons (Fsp3) is 0.423. The van der Waals surface area contributed by atoms with Crippen molar-refractivity contribution in [2.75, 3.05) is 19.6 Å². The first kappa shape index (κ1) is 22.7. The Morgan fingerprint density at radius 1 is 0.935 bits per heavy atom. The summed E-state index contributed by atoms with van der Waals surface area (Å²) >= 11 is 0. The molecule has 0 spiro atoms. The van der Waals surface area contributed by atoms with E-state index in [1.807, 2.05) is 18.2 Å². The van der Waals surface area contributed by atoms with Crippen LogP contribution in [-0.2, 0) is 4.79 Å². The van der Waals surface area contributed by atoms with Gasteiger partial charge < -0.3 is 10.2 Å². The van der Waals surface area contributed by atoms with E-state index in [-0.39, 0.29) is 23.5 Å². The van der Waals surface area contributed by atoms with Gasteiger partial charge in [0.2, 0.25) is 5.91 Å². The Labute approximate surface area is 184 Å². The lowest BCUT2D eigenvalue weighted by Gasteiger charge is -2.32. The van der Waals surface area contributed by atoms with Crippen molar-refractivity contribution in [3.8, 4) is 0 Å². The third kappa shape index (κ3) is 6.03. The van der Waals surface area contributed by atoms with Crippen molar-refractivity contribution in [2.24, 2.45) is 5.92 Å². The molecule has 1 saturated heterocycles. The molecule has 31 heavy (non-hydrogen) atoms. The molecule has 1 aliphatic rings. The van der Waals surface area contributed by atoms with Crippen LogP contribution in [0.25, 0.3) is 0 Å². The van der Waals surface area contributed by atoms with Gasteiger partial charge in [0.1, 0.15) is 0 Å². The molecule has 0 aromatic heterocycles. The zero-order valence-electron chi connectivity index (χ0n) is 18.3. The number of unbranched alkanes of at least 4 members (excludes halogenated alkanes) is 3. The molecule has 0 saturated carbocycles. The number of hydrogen-bond acceptors (Lipinski definition) is 3. The Bertz CT molecular complexity index is 895. The number of carbonyl (C=O) groups is 3. The number of carbonyl (C=O) groups excluding carboxylic acids is 3. The normalized spacial score (nSPS) is 16.0. The van der Waals surface area contributed by atoms with E-state index in [0.717, 1.165) is 25.7 Å². The number of likely N-dealkylation sites (tertiary alicyclic amines) is 1. The fourth-order valence-corrected chi connectivity index (χ4v) is 4.07. The van der Waals surface area contributed by atoms with E-state index in [9.17, 15) is 14.4 Å². The molecule has 1 unspecified atom stereocenters. The Balaban J connectivity index is 1.66. The highest BCUT2D eigenvalue weighted by molar-refractivity contribution is 6.15. The summed E-state index contributed by atoms with van der Waals surface area (Å²) < 4.78 is 0. The number of ketones is 1. The molecule has 0 aliphatic carbocycles. The number of benzene rings is 2. The molecule has 1 atom stereocenters. The van der Waals surface area contributed by atoms with Gasteiger partial charge in [-0.25, -0.2) is 0 Å². The van der Waals surface area contributed by atoms with E-state index in [1.54, 1.807) is 41.3 Å². The van der Waals surface area contributed by atoms with Gasteiger partial charge in [-0.3, -0.25) is 14.4 Å². The summed E-state index contributed by atoms with van der Waals surface area (Å²) in [5.41, 5.74) is 1.36. The molecule has 2 aromatic carbocycles. The van der Waals surface area contributed by atoms with E-state index in [1.165, 1.54) is 12.8 Å². The van der Waals surface area contributed by atoms with Crippen molar-refractivity contribution < 1.29 is 14.4 Å². The van der Waals surface area contributed by atoms with Gasteiger partial charge in [0.05, 0.1) is 11.5 Å². The molecule has 0 bridgehead atoms. The van der Waals surface area contributed by atoms with E-state index >= 15 is 0 Å². The topological polar surface area (TPSA) is 66.5 Å². The van der Waals surface area contributed by atoms with Crippen LogP contribution >= 0.6 is 0 Å². The summed E-state index contributed by atoms with van der Waals surface area (Å²) in [4.78, 5) is 40.6. The molecule has 2 aromatic rings. The molecule has 1 fully saturated rings. The lowest BCUT2D eigenvalue weighted by Crippen LogP contribution is -2.45. The van der Waals surface area contributed by atoms with Crippen molar-refractivity contribution in [3.05, 3.63) is 71.3 Å². The standard InChI is InChI=1S/C26H32N2O3/c1-2-3-4-10-17-27-25(30)21-14-11-18-28(19-21)26(31)23-16-9-8-15-22(23)24(29)20-12-6-5-7-13-20/h5-9,12-13,15-16,21H,2-4,10-11,14,17-19H2,1H3,(H,27,30). The Morgan fingerprint density at radius 2 is 1.65 bits per heavy atom. The van der Waals surface area contributed by atoms with Gasteiger partial charge in [0.15, 0.2) is 5.78 Å². The quantitative estimate of drug-likeness (QED) is 0.481.